The standard InChI is InChI=1S/C15H20BrN3O2/c1-9-15(16)14(19(2)18-9)8-13(17)10-5-11(20-3)7-12(6-10)21-4/h5-7,13H,8,17H2,1-4H3. The lowest BCUT2D eigenvalue weighted by atomic mass is 10.0. The van der Waals surface area contributed by atoms with Gasteiger partial charge >= 0.3 is 0 Å². The molecule has 0 saturated carbocycles. The second kappa shape index (κ2) is 6.49. The topological polar surface area (TPSA) is 62.3 Å². The Balaban J connectivity index is 2.29. The molecule has 1 unspecified atom stereocenters. The summed E-state index contributed by atoms with van der Waals surface area (Å²) in [4.78, 5) is 0. The highest BCUT2D eigenvalue weighted by atomic mass is 79.9. The zero-order valence-electron chi connectivity index (χ0n) is 12.7. The normalized spacial score (nSPS) is 12.3. The zero-order chi connectivity index (χ0) is 15.6. The molecule has 2 aromatic rings. The Bertz CT molecular complexity index is 618. The van der Waals surface area contributed by atoms with Crippen molar-refractivity contribution in [1.29, 1.82) is 0 Å². The zero-order valence-corrected chi connectivity index (χ0v) is 14.3. The second-order valence-corrected chi connectivity index (χ2v) is 5.72. The molecular weight excluding hydrogens is 334 g/mol. The first-order valence-electron chi connectivity index (χ1n) is 6.62. The summed E-state index contributed by atoms with van der Waals surface area (Å²) in [6.07, 6.45) is 0.675. The van der Waals surface area contributed by atoms with Gasteiger partial charge in [-0.25, -0.2) is 0 Å². The Morgan fingerprint density at radius 2 is 1.81 bits per heavy atom. The third-order valence-corrected chi connectivity index (χ3v) is 4.51. The predicted octanol–water partition coefficient (Wildman–Crippen LogP) is 2.75. The Labute approximate surface area is 133 Å². The van der Waals surface area contributed by atoms with Crippen LogP contribution in [0.5, 0.6) is 11.5 Å². The van der Waals surface area contributed by atoms with Gasteiger partial charge in [-0.3, -0.25) is 4.68 Å². The SMILES string of the molecule is COc1cc(OC)cc(C(N)Cc2c(Br)c(C)nn2C)c1. The number of hydrogen-bond donors (Lipinski definition) is 1. The monoisotopic (exact) mass is 353 g/mol. The fourth-order valence-electron chi connectivity index (χ4n) is 2.27. The quantitative estimate of drug-likeness (QED) is 0.897. The first-order chi connectivity index (χ1) is 9.96. The van der Waals surface area contributed by atoms with Crippen molar-refractivity contribution in [2.75, 3.05) is 14.2 Å². The molecule has 0 fully saturated rings. The van der Waals surface area contributed by atoms with Crippen LogP contribution < -0.4 is 15.2 Å². The first-order valence-corrected chi connectivity index (χ1v) is 7.42. The highest BCUT2D eigenvalue weighted by molar-refractivity contribution is 9.10. The smallest absolute Gasteiger partial charge is 0.122 e. The molecule has 0 spiro atoms. The van der Waals surface area contributed by atoms with Gasteiger partial charge in [-0.1, -0.05) is 0 Å². The maximum absolute atomic E-state index is 6.35. The van der Waals surface area contributed by atoms with Gasteiger partial charge in [-0.05, 0) is 40.5 Å². The van der Waals surface area contributed by atoms with Crippen LogP contribution in [0.4, 0.5) is 0 Å². The molecule has 0 aliphatic heterocycles. The molecule has 0 amide bonds. The molecule has 1 aromatic carbocycles. The van der Waals surface area contributed by atoms with Crippen molar-refractivity contribution in [3.05, 3.63) is 39.6 Å². The molecule has 0 aliphatic rings. The minimum atomic E-state index is -0.167. The third-order valence-electron chi connectivity index (χ3n) is 3.48. The van der Waals surface area contributed by atoms with Crippen LogP contribution in [0, 0.1) is 6.92 Å². The minimum absolute atomic E-state index is 0.167. The highest BCUT2D eigenvalue weighted by Gasteiger charge is 2.16. The summed E-state index contributed by atoms with van der Waals surface area (Å²) in [6.45, 7) is 1.97. The lowest BCUT2D eigenvalue weighted by Crippen LogP contribution is -2.16. The van der Waals surface area contributed by atoms with Crippen molar-refractivity contribution in [3.63, 3.8) is 0 Å². The van der Waals surface area contributed by atoms with Crippen LogP contribution in [0.3, 0.4) is 0 Å². The largest absolute Gasteiger partial charge is 0.497 e. The van der Waals surface area contributed by atoms with Crippen molar-refractivity contribution < 1.29 is 9.47 Å². The molecule has 1 atom stereocenters. The molecule has 2 rings (SSSR count). The van der Waals surface area contributed by atoms with Gasteiger partial charge in [0.25, 0.3) is 0 Å². The van der Waals surface area contributed by atoms with E-state index in [2.05, 4.69) is 21.0 Å². The van der Waals surface area contributed by atoms with E-state index in [-0.39, 0.29) is 6.04 Å². The molecule has 0 aliphatic carbocycles. The van der Waals surface area contributed by atoms with E-state index in [0.29, 0.717) is 6.42 Å². The molecule has 6 heteroatoms. The van der Waals surface area contributed by atoms with Gasteiger partial charge in [0, 0.05) is 25.6 Å². The number of aromatic nitrogens is 2. The van der Waals surface area contributed by atoms with E-state index in [9.17, 15) is 0 Å². The van der Waals surface area contributed by atoms with Crippen LogP contribution in [0.25, 0.3) is 0 Å². The summed E-state index contributed by atoms with van der Waals surface area (Å²) in [5.74, 6) is 1.47. The summed E-state index contributed by atoms with van der Waals surface area (Å²) in [5.41, 5.74) is 9.35. The van der Waals surface area contributed by atoms with E-state index < -0.39 is 0 Å². The van der Waals surface area contributed by atoms with Crippen LogP contribution in [0.1, 0.15) is 23.0 Å². The first kappa shape index (κ1) is 15.9. The summed E-state index contributed by atoms with van der Waals surface area (Å²) >= 11 is 3.57. The summed E-state index contributed by atoms with van der Waals surface area (Å²) in [6, 6.07) is 5.54. The molecule has 0 saturated heterocycles. The second-order valence-electron chi connectivity index (χ2n) is 4.93. The number of aryl methyl sites for hydroxylation is 2. The maximum atomic E-state index is 6.35. The van der Waals surface area contributed by atoms with Crippen molar-refractivity contribution in [2.45, 2.75) is 19.4 Å². The van der Waals surface area contributed by atoms with Gasteiger partial charge in [0.1, 0.15) is 11.5 Å². The van der Waals surface area contributed by atoms with E-state index >= 15 is 0 Å². The van der Waals surface area contributed by atoms with Crippen molar-refractivity contribution in [1.82, 2.24) is 9.78 Å². The Kier molecular flexibility index (Phi) is 4.90. The lowest BCUT2D eigenvalue weighted by Gasteiger charge is -2.15. The molecule has 1 heterocycles. The average molecular weight is 354 g/mol. The molecular formula is C15H20BrN3O2. The third kappa shape index (κ3) is 3.39. The molecule has 2 N–H and O–H groups in total. The number of ether oxygens (including phenoxy) is 2. The number of methoxy groups -OCH3 is 2. The van der Waals surface area contributed by atoms with Crippen molar-refractivity contribution in [2.24, 2.45) is 12.8 Å². The molecule has 0 radical (unpaired) electrons. The Morgan fingerprint density at radius 1 is 1.24 bits per heavy atom. The van der Waals surface area contributed by atoms with E-state index in [1.165, 1.54) is 0 Å². The van der Waals surface area contributed by atoms with Crippen molar-refractivity contribution in [3.8, 4) is 11.5 Å². The Hall–Kier alpha value is -1.53. The van der Waals surface area contributed by atoms with Crippen molar-refractivity contribution >= 4 is 15.9 Å². The van der Waals surface area contributed by atoms with Gasteiger partial charge in [-0.2, -0.15) is 5.10 Å². The molecule has 0 bridgehead atoms. The van der Waals surface area contributed by atoms with E-state index in [1.54, 1.807) is 14.2 Å². The predicted molar refractivity (Wildman–Crippen MR) is 85.8 cm³/mol. The molecule has 21 heavy (non-hydrogen) atoms. The number of rotatable bonds is 5. The number of nitrogens with zero attached hydrogens (tertiary/aromatic N) is 2. The van der Waals surface area contributed by atoms with E-state index in [1.807, 2.05) is 36.9 Å². The van der Waals surface area contributed by atoms with Gasteiger partial charge in [0.05, 0.1) is 30.1 Å². The molecule has 5 nitrogen and oxygen atoms in total. The summed E-state index contributed by atoms with van der Waals surface area (Å²) in [7, 11) is 5.18. The fraction of sp³-hybridized carbons (Fsp3) is 0.400. The molecule has 114 valence electrons. The Morgan fingerprint density at radius 3 is 2.24 bits per heavy atom. The van der Waals surface area contributed by atoms with Crippen LogP contribution >= 0.6 is 15.9 Å². The number of benzene rings is 1. The van der Waals surface area contributed by atoms with Gasteiger partial charge in [0.2, 0.25) is 0 Å². The van der Waals surface area contributed by atoms with Gasteiger partial charge in [-0.15, -0.1) is 0 Å². The molecule has 1 aromatic heterocycles. The van der Waals surface area contributed by atoms with Gasteiger partial charge in [0.15, 0.2) is 0 Å². The number of hydrogen-bond acceptors (Lipinski definition) is 4. The minimum Gasteiger partial charge on any atom is -0.497 e. The van der Waals surface area contributed by atoms with E-state index in [4.69, 9.17) is 15.2 Å². The fourth-order valence-corrected chi connectivity index (χ4v) is 2.77. The summed E-state index contributed by atoms with van der Waals surface area (Å²) < 4.78 is 13.4. The van der Waals surface area contributed by atoms with Crippen LogP contribution in [-0.4, -0.2) is 24.0 Å². The average Bonchev–Trinajstić information content (AvgIpc) is 2.72. The highest BCUT2D eigenvalue weighted by Crippen LogP contribution is 2.29. The van der Waals surface area contributed by atoms with Crippen LogP contribution in [0.2, 0.25) is 0 Å². The van der Waals surface area contributed by atoms with Crippen LogP contribution in [0.15, 0.2) is 22.7 Å². The maximum Gasteiger partial charge on any atom is 0.122 e. The van der Waals surface area contributed by atoms with Gasteiger partial charge < -0.3 is 15.2 Å². The lowest BCUT2D eigenvalue weighted by molar-refractivity contribution is 0.392. The summed E-state index contributed by atoms with van der Waals surface area (Å²) in [5, 5.41) is 4.39. The number of halogens is 1. The number of nitrogens with two attached hydrogens (primary N) is 1. The van der Waals surface area contributed by atoms with Crippen LogP contribution in [-0.2, 0) is 13.5 Å². The van der Waals surface area contributed by atoms with E-state index in [0.717, 1.165) is 32.9 Å².